The van der Waals surface area contributed by atoms with Crippen molar-refractivity contribution in [2.75, 3.05) is 11.9 Å². The van der Waals surface area contributed by atoms with Crippen LogP contribution in [0.25, 0.3) is 62.2 Å². The first-order valence-electron chi connectivity index (χ1n) is 34.3. The Morgan fingerprint density at radius 1 is 0.250 bits per heavy atom. The van der Waals surface area contributed by atoms with Gasteiger partial charge in [0, 0.05) is 30.6 Å². The third-order valence-corrected chi connectivity index (χ3v) is 15.9. The summed E-state index contributed by atoms with van der Waals surface area (Å²) in [5, 5.41) is 0. The first-order valence-corrected chi connectivity index (χ1v) is 34.3. The summed E-state index contributed by atoms with van der Waals surface area (Å²) in [6, 6.07) is 132. The lowest BCUT2D eigenvalue weighted by molar-refractivity contribution is -0.671. The number of aryl methyl sites for hydroxylation is 5. The fraction of sp³-hybridized carbons (Fsp3) is 0.0918. The van der Waals surface area contributed by atoms with Crippen molar-refractivity contribution in [1.29, 1.82) is 0 Å². The van der Waals surface area contributed by atoms with Gasteiger partial charge >= 0.3 is 0 Å². The highest BCUT2D eigenvalue weighted by molar-refractivity contribution is 5.79. The second-order valence-electron chi connectivity index (χ2n) is 23.8. The Bertz CT molecular complexity index is 4380. The number of benzene rings is 13. The number of pyridine rings is 1. The summed E-state index contributed by atoms with van der Waals surface area (Å²) < 4.78 is 2.02. The van der Waals surface area contributed by atoms with Crippen molar-refractivity contribution in [3.8, 4) is 44.5 Å². The van der Waals surface area contributed by atoms with Crippen LogP contribution in [0, 0.1) is 27.7 Å². The molecule has 0 amide bonds. The molecule has 0 spiro atoms. The van der Waals surface area contributed by atoms with E-state index in [9.17, 15) is 0 Å². The van der Waals surface area contributed by atoms with E-state index < -0.39 is 0 Å². The van der Waals surface area contributed by atoms with E-state index >= 15 is 0 Å². The van der Waals surface area contributed by atoms with Crippen LogP contribution >= 0.6 is 0 Å². The van der Waals surface area contributed by atoms with Crippen LogP contribution in [0.4, 0.5) is 11.4 Å². The van der Waals surface area contributed by atoms with Crippen LogP contribution in [0.1, 0.15) is 65.3 Å². The third kappa shape index (κ3) is 27.6. The monoisotopic (exact) mass is 1300 g/mol. The van der Waals surface area contributed by atoms with Crippen molar-refractivity contribution in [2.24, 2.45) is 7.05 Å². The van der Waals surface area contributed by atoms with Crippen LogP contribution in [-0.2, 0) is 7.05 Å². The van der Waals surface area contributed by atoms with E-state index in [1.165, 1.54) is 106 Å². The van der Waals surface area contributed by atoms with Crippen molar-refractivity contribution >= 4 is 29.1 Å². The van der Waals surface area contributed by atoms with Crippen LogP contribution < -0.4 is 9.47 Å². The van der Waals surface area contributed by atoms with Gasteiger partial charge in [0.25, 0.3) is 0 Å². The number of allylic oxidation sites excluding steroid dienone is 3. The molecule has 0 aliphatic heterocycles. The summed E-state index contributed by atoms with van der Waals surface area (Å²) in [4.78, 5) is 2.17. The van der Waals surface area contributed by atoms with E-state index in [1.807, 2.05) is 123 Å². The summed E-state index contributed by atoms with van der Waals surface area (Å²) in [6.07, 6.45) is 14.5. The minimum atomic E-state index is 1.21. The van der Waals surface area contributed by atoms with Gasteiger partial charge in [0.2, 0.25) is 0 Å². The fourth-order valence-corrected chi connectivity index (χ4v) is 10.3. The molecule has 0 saturated carbocycles. The number of nitrogens with zero attached hydrogens (tertiary/aromatic N) is 2. The smallest absolute Gasteiger partial charge is 0.168 e. The molecule has 100 heavy (non-hydrogen) atoms. The van der Waals surface area contributed by atoms with Crippen LogP contribution in [0.3, 0.4) is 0 Å². The molecule has 2 heteroatoms. The SMILES string of the molecule is C/C=C/c1ccc(-c2ccccc2)cc1.C/C=C/c1ccccc1.CC=C(c1ccccc1)c1ccccc1.CN(c1ccccc1)c1ccccc1.Cc1cc[n+](C)cc1.Cc1ccc(-c2ccc(-c3ccccc3)cc2)cc1.Cc1ccc(-c2ccccc2)cc1.Cc1ccccc1. The molecule has 0 radical (unpaired) electrons. The number of hydrogen-bond donors (Lipinski definition) is 0. The highest BCUT2D eigenvalue weighted by Crippen LogP contribution is 2.27. The van der Waals surface area contributed by atoms with E-state index in [4.69, 9.17) is 0 Å². The number of hydrogen-bond acceptors (Lipinski definition) is 1. The largest absolute Gasteiger partial charge is 0.345 e. The second-order valence-corrected chi connectivity index (χ2v) is 23.8. The maximum Gasteiger partial charge on any atom is 0.168 e. The van der Waals surface area contributed by atoms with Crippen molar-refractivity contribution in [3.05, 3.63) is 457 Å². The Morgan fingerprint density at radius 2 is 0.480 bits per heavy atom. The topological polar surface area (TPSA) is 7.12 Å². The van der Waals surface area contributed by atoms with Gasteiger partial charge in [0.1, 0.15) is 7.05 Å². The summed E-state index contributed by atoms with van der Waals surface area (Å²) in [5.74, 6) is 0. The minimum absolute atomic E-state index is 1.21. The van der Waals surface area contributed by atoms with E-state index in [0.717, 1.165) is 0 Å². The predicted molar refractivity (Wildman–Crippen MR) is 437 cm³/mol. The normalized spacial score (nSPS) is 9.97. The summed E-state index contributed by atoms with van der Waals surface area (Å²) >= 11 is 0. The molecule has 14 rings (SSSR count). The first kappa shape index (κ1) is 75.4. The Labute approximate surface area is 599 Å². The molecule has 0 atom stereocenters. The zero-order valence-electron chi connectivity index (χ0n) is 59.8. The zero-order valence-corrected chi connectivity index (χ0v) is 59.8. The molecule has 1 aromatic heterocycles. The van der Waals surface area contributed by atoms with Gasteiger partial charge in [0.15, 0.2) is 12.4 Å². The Balaban J connectivity index is 0.000000163. The average molecular weight is 1300 g/mol. The lowest BCUT2D eigenvalue weighted by Crippen LogP contribution is -2.25. The van der Waals surface area contributed by atoms with Crippen LogP contribution in [0.5, 0.6) is 0 Å². The Kier molecular flexibility index (Phi) is 33.2. The maximum absolute atomic E-state index is 2.19. The van der Waals surface area contributed by atoms with Crippen LogP contribution in [-0.4, -0.2) is 7.05 Å². The number of anilines is 2. The van der Waals surface area contributed by atoms with E-state index in [1.54, 1.807) is 0 Å². The van der Waals surface area contributed by atoms with Crippen molar-refractivity contribution in [3.63, 3.8) is 0 Å². The number of para-hydroxylation sites is 2. The molecule has 0 saturated heterocycles. The first-order chi connectivity index (χ1) is 49.0. The molecule has 2 nitrogen and oxygen atoms in total. The van der Waals surface area contributed by atoms with Crippen molar-refractivity contribution in [2.45, 2.75) is 48.5 Å². The molecule has 0 fully saturated rings. The highest BCUT2D eigenvalue weighted by atomic mass is 15.1. The maximum atomic E-state index is 2.19. The minimum Gasteiger partial charge on any atom is -0.345 e. The van der Waals surface area contributed by atoms with Crippen molar-refractivity contribution < 1.29 is 4.57 Å². The van der Waals surface area contributed by atoms with Crippen LogP contribution in [0.2, 0.25) is 0 Å². The molecule has 0 aliphatic rings. The zero-order chi connectivity index (χ0) is 70.6. The highest BCUT2D eigenvalue weighted by Gasteiger charge is 2.04. The molecule has 14 aromatic rings. The summed E-state index contributed by atoms with van der Waals surface area (Å²) in [5.41, 5.74) is 24.1. The average Bonchev–Trinajstić information content (AvgIpc) is 0.878. The van der Waals surface area contributed by atoms with Gasteiger partial charge in [-0.1, -0.05) is 393 Å². The van der Waals surface area contributed by atoms with Crippen LogP contribution in [0.15, 0.2) is 413 Å². The van der Waals surface area contributed by atoms with E-state index in [-0.39, 0.29) is 0 Å². The Morgan fingerprint density at radius 3 is 0.760 bits per heavy atom. The molecule has 0 aliphatic carbocycles. The molecule has 13 aromatic carbocycles. The van der Waals surface area contributed by atoms with Gasteiger partial charge in [-0.05, 0) is 151 Å². The lowest BCUT2D eigenvalue weighted by Gasteiger charge is -2.18. The van der Waals surface area contributed by atoms with Gasteiger partial charge in [-0.3, -0.25) is 0 Å². The molecule has 1 heterocycles. The van der Waals surface area contributed by atoms with Gasteiger partial charge in [-0.2, -0.15) is 0 Å². The Hall–Kier alpha value is -12.0. The summed E-state index contributed by atoms with van der Waals surface area (Å²) in [6.45, 7) is 14.5. The van der Waals surface area contributed by atoms with E-state index in [2.05, 4.69) is 374 Å². The van der Waals surface area contributed by atoms with E-state index in [0.29, 0.717) is 0 Å². The molecule has 498 valence electrons. The molecule has 0 N–H and O–H groups in total. The molecular weight excluding hydrogens is 1210 g/mol. The predicted octanol–water partition coefficient (Wildman–Crippen LogP) is 26.5. The standard InChI is InChI=1S/C19H16.2C15H14.C13H13N.C13H12.C9H10.C7H10N.C7H8/c1-15-7-9-17(10-8-15)19-13-11-18(12-14-19)16-5-3-2-4-6-16;1-2-15(13-9-5-3-6-10-13)14-11-7-4-8-12-14;1-2-6-13-9-11-15(12-10-13)14-7-4-3-5-8-14;1-14(12-8-4-2-5-9-12)13-10-6-3-7-11-13;1-11-7-9-13(10-8-11)12-5-3-2-4-6-12;1-2-6-9-7-4-3-5-8-9;1-7-3-5-8(2)6-4-7;1-7-5-3-2-4-6-7/h2-14H,1H3;2*2-12H,1H3;2-11H,1H3;2-10H,1H3;2-8H,1H3;3-6H,1-2H3;2-6H,1H3/q;;;;;;+1;/b;;6-2+;;;6-2+;;. The lowest BCUT2D eigenvalue weighted by atomic mass is 9.98. The molecule has 0 unspecified atom stereocenters. The molecule has 0 bridgehead atoms. The van der Waals surface area contributed by atoms with Gasteiger partial charge < -0.3 is 4.90 Å². The molecular formula is C98H97N2+. The summed E-state index contributed by atoms with van der Waals surface area (Å²) in [7, 11) is 4.09. The quantitative estimate of drug-likeness (QED) is 0.124. The number of rotatable bonds is 10. The fourth-order valence-electron chi connectivity index (χ4n) is 10.3. The second kappa shape index (κ2) is 44.0. The van der Waals surface area contributed by atoms with Gasteiger partial charge in [-0.15, -0.1) is 0 Å². The van der Waals surface area contributed by atoms with Gasteiger partial charge in [-0.25, -0.2) is 4.57 Å². The third-order valence-electron chi connectivity index (χ3n) is 15.9. The van der Waals surface area contributed by atoms with Crippen molar-refractivity contribution in [1.82, 2.24) is 0 Å². The van der Waals surface area contributed by atoms with Gasteiger partial charge in [0.05, 0.1) is 0 Å². The number of aromatic nitrogens is 1.